The van der Waals surface area contributed by atoms with E-state index in [1.165, 1.54) is 4.90 Å². The topological polar surface area (TPSA) is 66.3 Å². The molecule has 0 aliphatic carbocycles. The number of carbonyl (C=O) groups is 1. The van der Waals surface area contributed by atoms with Gasteiger partial charge in [0.1, 0.15) is 5.15 Å². The van der Waals surface area contributed by atoms with E-state index in [0.717, 1.165) is 11.1 Å². The second-order valence-electron chi connectivity index (χ2n) is 4.21. The molecule has 0 aromatic carbocycles. The van der Waals surface area contributed by atoms with Crippen LogP contribution in [-0.2, 0) is 6.42 Å². The maximum atomic E-state index is 11.1. The summed E-state index contributed by atoms with van der Waals surface area (Å²) in [4.78, 5) is 20.8. The molecule has 19 heavy (non-hydrogen) atoms. The quantitative estimate of drug-likeness (QED) is 0.813. The van der Waals surface area contributed by atoms with Crippen LogP contribution in [0.5, 0.6) is 0 Å². The molecule has 0 saturated heterocycles. The third-order valence-electron chi connectivity index (χ3n) is 3.13. The zero-order valence-corrected chi connectivity index (χ0v) is 10.6. The molecule has 6 heteroatoms. The normalized spacial score (nSPS) is 13.4. The van der Waals surface area contributed by atoms with Gasteiger partial charge in [0, 0.05) is 18.3 Å². The molecule has 1 N–H and O–H groups in total. The lowest BCUT2D eigenvalue weighted by Gasteiger charge is -2.12. The first-order valence-electron chi connectivity index (χ1n) is 5.77. The molecule has 1 aliphatic heterocycles. The van der Waals surface area contributed by atoms with Crippen LogP contribution < -0.4 is 4.90 Å². The van der Waals surface area contributed by atoms with E-state index in [0.29, 0.717) is 29.5 Å². The molecule has 0 unspecified atom stereocenters. The summed E-state index contributed by atoms with van der Waals surface area (Å²) in [5.74, 6) is 0. The Morgan fingerprint density at radius 2 is 2.21 bits per heavy atom. The second kappa shape index (κ2) is 4.51. The van der Waals surface area contributed by atoms with Gasteiger partial charge in [0.05, 0.1) is 17.6 Å². The minimum Gasteiger partial charge on any atom is -0.465 e. The van der Waals surface area contributed by atoms with Crippen LogP contribution in [0.25, 0.3) is 11.3 Å². The average molecular weight is 276 g/mol. The number of fused-ring (bicyclic) bond motifs is 1. The van der Waals surface area contributed by atoms with Crippen molar-refractivity contribution in [1.29, 1.82) is 0 Å². The molecule has 1 amide bonds. The van der Waals surface area contributed by atoms with Crippen molar-refractivity contribution in [3.05, 3.63) is 41.3 Å². The van der Waals surface area contributed by atoms with Crippen LogP contribution in [0.1, 0.15) is 5.56 Å². The highest BCUT2D eigenvalue weighted by Gasteiger charge is 2.27. The number of nitrogens with zero attached hydrogens (tertiary/aromatic N) is 3. The van der Waals surface area contributed by atoms with Gasteiger partial charge >= 0.3 is 6.09 Å². The fraction of sp³-hybridized carbons (Fsp3) is 0.154. The van der Waals surface area contributed by atoms with Gasteiger partial charge in [-0.2, -0.15) is 0 Å². The number of hydrogen-bond acceptors (Lipinski definition) is 3. The van der Waals surface area contributed by atoms with E-state index in [2.05, 4.69) is 9.97 Å². The Bertz CT molecular complexity index is 660. The Morgan fingerprint density at radius 1 is 1.37 bits per heavy atom. The van der Waals surface area contributed by atoms with Gasteiger partial charge in [0.15, 0.2) is 0 Å². The average Bonchev–Trinajstić information content (AvgIpc) is 2.82. The van der Waals surface area contributed by atoms with E-state index in [4.69, 9.17) is 16.7 Å². The van der Waals surface area contributed by atoms with Crippen molar-refractivity contribution < 1.29 is 9.90 Å². The molecule has 0 bridgehead atoms. The molecule has 0 atom stereocenters. The highest BCUT2D eigenvalue weighted by atomic mass is 35.5. The molecule has 3 heterocycles. The van der Waals surface area contributed by atoms with E-state index in [-0.39, 0.29) is 0 Å². The molecule has 3 rings (SSSR count). The minimum atomic E-state index is -0.961. The fourth-order valence-electron chi connectivity index (χ4n) is 2.29. The molecule has 0 fully saturated rings. The summed E-state index contributed by atoms with van der Waals surface area (Å²) in [6.07, 6.45) is 2.97. The lowest BCUT2D eigenvalue weighted by molar-refractivity contribution is 0.202. The first kappa shape index (κ1) is 11.9. The van der Waals surface area contributed by atoms with Crippen LogP contribution in [0.15, 0.2) is 30.6 Å². The van der Waals surface area contributed by atoms with Gasteiger partial charge in [-0.3, -0.25) is 9.88 Å². The van der Waals surface area contributed by atoms with Crippen LogP contribution in [-0.4, -0.2) is 27.7 Å². The third kappa shape index (κ3) is 2.02. The fourth-order valence-corrected chi connectivity index (χ4v) is 2.46. The maximum absolute atomic E-state index is 11.1. The van der Waals surface area contributed by atoms with Crippen molar-refractivity contribution in [2.24, 2.45) is 0 Å². The summed E-state index contributed by atoms with van der Waals surface area (Å²) in [6, 6.07) is 5.35. The standard InChI is InChI=1S/C13H10ClN3O2/c14-12-3-1-2-10(16-12)9-6-15-7-11-8(9)4-5-17(11)13(18)19/h1-3,6-7H,4-5H2,(H,18,19). The molecular formula is C13H10ClN3O2. The van der Waals surface area contributed by atoms with Crippen molar-refractivity contribution in [2.75, 3.05) is 11.4 Å². The van der Waals surface area contributed by atoms with Crippen molar-refractivity contribution >= 4 is 23.4 Å². The Labute approximate surface area is 114 Å². The SMILES string of the molecule is O=C(O)N1CCc2c(-c3cccc(Cl)n3)cncc21. The van der Waals surface area contributed by atoms with Crippen LogP contribution in [0.3, 0.4) is 0 Å². The van der Waals surface area contributed by atoms with E-state index in [9.17, 15) is 4.79 Å². The summed E-state index contributed by atoms with van der Waals surface area (Å²) in [5.41, 5.74) is 3.13. The maximum Gasteiger partial charge on any atom is 0.411 e. The molecule has 96 valence electrons. The van der Waals surface area contributed by atoms with Crippen molar-refractivity contribution in [3.8, 4) is 11.3 Å². The molecule has 0 saturated carbocycles. The lowest BCUT2D eigenvalue weighted by atomic mass is 10.0. The van der Waals surface area contributed by atoms with Crippen LogP contribution in [0.4, 0.5) is 10.5 Å². The Kier molecular flexibility index (Phi) is 2.83. The summed E-state index contributed by atoms with van der Waals surface area (Å²) in [6.45, 7) is 0.448. The van der Waals surface area contributed by atoms with Gasteiger partial charge in [0.2, 0.25) is 0 Å². The summed E-state index contributed by atoms with van der Waals surface area (Å²) in [7, 11) is 0. The number of halogens is 1. The summed E-state index contributed by atoms with van der Waals surface area (Å²) >= 11 is 5.89. The highest BCUT2D eigenvalue weighted by molar-refractivity contribution is 6.29. The monoisotopic (exact) mass is 275 g/mol. The minimum absolute atomic E-state index is 0.406. The Hall–Kier alpha value is -2.14. The Morgan fingerprint density at radius 3 is 2.95 bits per heavy atom. The highest BCUT2D eigenvalue weighted by Crippen LogP contribution is 2.34. The van der Waals surface area contributed by atoms with Crippen LogP contribution >= 0.6 is 11.6 Å². The number of anilines is 1. The molecule has 1 aliphatic rings. The largest absolute Gasteiger partial charge is 0.465 e. The van der Waals surface area contributed by atoms with E-state index in [1.54, 1.807) is 18.5 Å². The van der Waals surface area contributed by atoms with Gasteiger partial charge in [-0.1, -0.05) is 17.7 Å². The molecule has 5 nitrogen and oxygen atoms in total. The zero-order chi connectivity index (χ0) is 13.4. The molecule has 0 radical (unpaired) electrons. The molecule has 0 spiro atoms. The van der Waals surface area contributed by atoms with E-state index >= 15 is 0 Å². The number of hydrogen-bond donors (Lipinski definition) is 1. The van der Waals surface area contributed by atoms with E-state index in [1.807, 2.05) is 12.1 Å². The first-order chi connectivity index (χ1) is 9.16. The van der Waals surface area contributed by atoms with Crippen molar-refractivity contribution in [2.45, 2.75) is 6.42 Å². The third-order valence-corrected chi connectivity index (χ3v) is 3.34. The number of amides is 1. The Balaban J connectivity index is 2.13. The van der Waals surface area contributed by atoms with Crippen LogP contribution in [0.2, 0.25) is 5.15 Å². The first-order valence-corrected chi connectivity index (χ1v) is 6.15. The van der Waals surface area contributed by atoms with Gasteiger partial charge in [-0.15, -0.1) is 0 Å². The smallest absolute Gasteiger partial charge is 0.411 e. The number of rotatable bonds is 1. The summed E-state index contributed by atoms with van der Waals surface area (Å²) in [5, 5.41) is 9.53. The van der Waals surface area contributed by atoms with Gasteiger partial charge in [-0.05, 0) is 24.1 Å². The number of aromatic nitrogens is 2. The number of carboxylic acid groups (broad SMARTS) is 1. The van der Waals surface area contributed by atoms with Crippen LogP contribution in [0, 0.1) is 0 Å². The number of pyridine rings is 2. The predicted octanol–water partition coefficient (Wildman–Crippen LogP) is 2.84. The summed E-state index contributed by atoms with van der Waals surface area (Å²) < 4.78 is 0. The predicted molar refractivity (Wildman–Crippen MR) is 71.6 cm³/mol. The lowest BCUT2D eigenvalue weighted by Crippen LogP contribution is -2.26. The van der Waals surface area contributed by atoms with Gasteiger partial charge in [-0.25, -0.2) is 9.78 Å². The molecular weight excluding hydrogens is 266 g/mol. The van der Waals surface area contributed by atoms with Gasteiger partial charge < -0.3 is 5.11 Å². The van der Waals surface area contributed by atoms with Crippen molar-refractivity contribution in [3.63, 3.8) is 0 Å². The second-order valence-corrected chi connectivity index (χ2v) is 4.60. The van der Waals surface area contributed by atoms with Gasteiger partial charge in [0.25, 0.3) is 0 Å². The van der Waals surface area contributed by atoms with E-state index < -0.39 is 6.09 Å². The zero-order valence-electron chi connectivity index (χ0n) is 9.88. The van der Waals surface area contributed by atoms with Crippen molar-refractivity contribution in [1.82, 2.24) is 9.97 Å². The molecule has 2 aromatic rings. The molecule has 2 aromatic heterocycles.